The van der Waals surface area contributed by atoms with Crippen molar-refractivity contribution >= 4 is 49.3 Å². The van der Waals surface area contributed by atoms with Gasteiger partial charge >= 0.3 is 20.2 Å². The van der Waals surface area contributed by atoms with E-state index in [2.05, 4.69) is 21.3 Å². The summed E-state index contributed by atoms with van der Waals surface area (Å²) in [4.78, 5) is 62.3. The van der Waals surface area contributed by atoms with Gasteiger partial charge in [0.25, 0.3) is 11.8 Å². The molecule has 1 aromatic rings. The zero-order valence-corrected chi connectivity index (χ0v) is 25.3. The average molecular weight is 642 g/mol. The first kappa shape index (κ1) is 34.8. The number of carbonyl (C=O) groups is 5. The first-order valence-corrected chi connectivity index (χ1v) is 15.1. The summed E-state index contributed by atoms with van der Waals surface area (Å²) in [5, 5.41) is 39.2. The van der Waals surface area contributed by atoms with Gasteiger partial charge in [-0.25, -0.2) is 4.39 Å². The minimum atomic E-state index is -1.41. The molecule has 246 valence electrons. The van der Waals surface area contributed by atoms with E-state index in [4.69, 9.17) is 14.4 Å². The fourth-order valence-corrected chi connectivity index (χ4v) is 5.27. The molecule has 4 atom stereocenters. The minimum absolute atomic E-state index is 0.0705. The second kappa shape index (κ2) is 16.0. The largest absolute Gasteiger partial charge is 0.491 e. The van der Waals surface area contributed by atoms with E-state index in [0.717, 1.165) is 6.07 Å². The molecule has 0 aromatic heterocycles. The van der Waals surface area contributed by atoms with Crippen molar-refractivity contribution in [3.8, 4) is 0 Å². The fraction of sp³-hybridized carbons (Fsp3) is 0.483. The fourth-order valence-electron chi connectivity index (χ4n) is 5.27. The molecule has 0 radical (unpaired) electrons. The van der Waals surface area contributed by atoms with Crippen molar-refractivity contribution in [1.29, 1.82) is 0 Å². The Morgan fingerprint density at radius 2 is 1.83 bits per heavy atom. The Hall–Kier alpha value is -4.05. The van der Waals surface area contributed by atoms with Crippen LogP contribution in [0.15, 0.2) is 35.9 Å². The summed E-state index contributed by atoms with van der Waals surface area (Å²) in [5.41, 5.74) is 0.267. The summed E-state index contributed by atoms with van der Waals surface area (Å²) in [6, 6.07) is 0.877. The first-order chi connectivity index (χ1) is 21.9. The molecule has 3 aliphatic rings. The third-order valence-electron chi connectivity index (χ3n) is 8.13. The van der Waals surface area contributed by atoms with Crippen LogP contribution in [0.1, 0.15) is 48.5 Å². The number of benzene rings is 1. The maximum Gasteiger partial charge on any atom is 0.491 e. The van der Waals surface area contributed by atoms with Crippen molar-refractivity contribution in [2.45, 2.75) is 51.1 Å². The number of halogens is 1. The Kier molecular flexibility index (Phi) is 12.1. The van der Waals surface area contributed by atoms with Gasteiger partial charge in [-0.3, -0.25) is 24.0 Å². The molecule has 46 heavy (non-hydrogen) atoms. The van der Waals surface area contributed by atoms with Gasteiger partial charge in [-0.1, -0.05) is 31.6 Å². The molecule has 0 bridgehead atoms. The molecule has 0 saturated carbocycles. The number of carboxylic acids is 1. The number of unbranched alkanes of at least 4 members (excludes halogenated alkanes) is 1. The van der Waals surface area contributed by atoms with Crippen molar-refractivity contribution in [3.63, 3.8) is 0 Å². The van der Waals surface area contributed by atoms with Gasteiger partial charge in [-0.15, -0.1) is 0 Å². The van der Waals surface area contributed by atoms with Crippen LogP contribution < -0.4 is 26.7 Å². The number of allylic oxidation sites excluding steroid dienone is 1. The molecule has 7 N–H and O–H groups in total. The predicted molar refractivity (Wildman–Crippen MR) is 163 cm³/mol. The van der Waals surface area contributed by atoms with Crippen molar-refractivity contribution in [2.75, 3.05) is 26.2 Å². The van der Waals surface area contributed by atoms with Crippen LogP contribution in [0.25, 0.3) is 0 Å². The Labute approximate surface area is 265 Å². The van der Waals surface area contributed by atoms with Crippen LogP contribution in [0.5, 0.6) is 0 Å². The normalized spacial score (nSPS) is 19.4. The lowest BCUT2D eigenvalue weighted by atomic mass is 9.66. The Balaban J connectivity index is 1.34. The maximum absolute atomic E-state index is 14.6. The molecular formula is C29H37B2FN4O10. The molecule has 1 aromatic carbocycles. The number of amides is 4. The van der Waals surface area contributed by atoms with E-state index in [9.17, 15) is 38.4 Å². The van der Waals surface area contributed by atoms with Crippen LogP contribution >= 0.6 is 0 Å². The number of carboxylic acid groups (broad SMARTS) is 1. The number of fused-ring (bicyclic) bond motifs is 2. The summed E-state index contributed by atoms with van der Waals surface area (Å²) >= 11 is 0. The van der Waals surface area contributed by atoms with Gasteiger partial charge in [0.05, 0.1) is 12.5 Å². The molecule has 1 aliphatic carbocycles. The number of hydrogen-bond acceptors (Lipinski definition) is 9. The van der Waals surface area contributed by atoms with Gasteiger partial charge < -0.3 is 45.7 Å². The topological polar surface area (TPSA) is 213 Å². The summed E-state index contributed by atoms with van der Waals surface area (Å²) in [6.07, 6.45) is 6.54. The highest BCUT2D eigenvalue weighted by Crippen LogP contribution is 2.35. The molecule has 1 saturated heterocycles. The smallest absolute Gasteiger partial charge is 0.481 e. The molecule has 2 heterocycles. The van der Waals surface area contributed by atoms with Crippen LogP contribution in [0.2, 0.25) is 5.82 Å². The average Bonchev–Trinajstić information content (AvgIpc) is 3.60. The van der Waals surface area contributed by atoms with E-state index < -0.39 is 61.5 Å². The highest BCUT2D eigenvalue weighted by Gasteiger charge is 2.40. The number of aliphatic carboxylic acids is 1. The second-order valence-electron chi connectivity index (χ2n) is 11.5. The zero-order valence-electron chi connectivity index (χ0n) is 25.3. The SMILES string of the molecule is C[C@@H](CCCCNC(=O)CCNC(=O)[C@H](CNC(=O)C1=CC2B(O)OCC2C=C1)NC(=O)c1cc(F)c2c(c1)B(O)OC2)C(=O)O. The standard InChI is InChI=1S/C29H37B2FN4O10/c1-16(29(41)42)4-2-3-8-33-25(37)7-9-34-28(40)24(13-35-26(38)17-5-6-18-14-45-30(43)21(18)10-17)36-27(39)19-11-22-20(23(32)12-19)15-46-31(22)44/h5-6,10-12,16,18,21,24,43-44H,2-4,7-9,13-15H2,1H3,(H,33,37)(H,34,40)(H,35,38)(H,36,39)(H,41,42)/t16-,18?,21?,24-/m0/s1. The molecule has 2 unspecified atom stereocenters. The monoisotopic (exact) mass is 642 g/mol. The number of nitrogens with one attached hydrogen (secondary N) is 4. The van der Waals surface area contributed by atoms with Crippen molar-refractivity contribution in [1.82, 2.24) is 21.3 Å². The summed E-state index contributed by atoms with van der Waals surface area (Å²) < 4.78 is 24.8. The summed E-state index contributed by atoms with van der Waals surface area (Å²) in [5.74, 6) is -5.06. The van der Waals surface area contributed by atoms with Crippen LogP contribution in [0, 0.1) is 17.7 Å². The van der Waals surface area contributed by atoms with Gasteiger partial charge in [-0.05, 0) is 30.4 Å². The van der Waals surface area contributed by atoms with Crippen molar-refractivity contribution in [3.05, 3.63) is 52.9 Å². The molecular weight excluding hydrogens is 605 g/mol. The van der Waals surface area contributed by atoms with Gasteiger partial charge in [-0.2, -0.15) is 0 Å². The highest BCUT2D eigenvalue weighted by molar-refractivity contribution is 6.61. The number of carbonyl (C=O) groups excluding carboxylic acids is 4. The van der Waals surface area contributed by atoms with Crippen LogP contribution in [0.3, 0.4) is 0 Å². The van der Waals surface area contributed by atoms with Gasteiger partial charge in [0.15, 0.2) is 0 Å². The van der Waals surface area contributed by atoms with Crippen molar-refractivity contribution < 1.29 is 52.8 Å². The van der Waals surface area contributed by atoms with Crippen LogP contribution in [0.4, 0.5) is 4.39 Å². The molecule has 17 heteroatoms. The predicted octanol–water partition coefficient (Wildman–Crippen LogP) is -1.24. The zero-order chi connectivity index (χ0) is 33.4. The van der Waals surface area contributed by atoms with E-state index in [0.29, 0.717) is 32.4 Å². The first-order valence-electron chi connectivity index (χ1n) is 15.1. The summed E-state index contributed by atoms with van der Waals surface area (Å²) in [6.45, 7) is 1.66. The van der Waals surface area contributed by atoms with Crippen LogP contribution in [-0.4, -0.2) is 91.3 Å². The Morgan fingerprint density at radius 1 is 1.04 bits per heavy atom. The van der Waals surface area contributed by atoms with Gasteiger partial charge in [0.2, 0.25) is 11.8 Å². The minimum Gasteiger partial charge on any atom is -0.481 e. The molecule has 14 nitrogen and oxygen atoms in total. The molecule has 2 aliphatic heterocycles. The molecule has 0 spiro atoms. The summed E-state index contributed by atoms with van der Waals surface area (Å²) in [7, 11) is -2.46. The van der Waals surface area contributed by atoms with Gasteiger partial charge in [0, 0.05) is 61.1 Å². The Morgan fingerprint density at radius 3 is 2.59 bits per heavy atom. The van der Waals surface area contributed by atoms with E-state index in [1.165, 1.54) is 6.07 Å². The third kappa shape index (κ3) is 9.02. The molecule has 4 rings (SSSR count). The quantitative estimate of drug-likeness (QED) is 0.0894. The lowest BCUT2D eigenvalue weighted by Crippen LogP contribution is -2.53. The third-order valence-corrected chi connectivity index (χ3v) is 8.13. The highest BCUT2D eigenvalue weighted by atomic mass is 19.1. The van der Waals surface area contributed by atoms with E-state index in [1.54, 1.807) is 25.2 Å². The lowest BCUT2D eigenvalue weighted by molar-refractivity contribution is -0.141. The second-order valence-corrected chi connectivity index (χ2v) is 11.5. The number of hydrogen-bond donors (Lipinski definition) is 7. The Bertz CT molecular complexity index is 1410. The number of rotatable bonds is 15. The van der Waals surface area contributed by atoms with Crippen LogP contribution in [-0.2, 0) is 35.1 Å². The van der Waals surface area contributed by atoms with Crippen molar-refractivity contribution in [2.24, 2.45) is 11.8 Å². The van der Waals surface area contributed by atoms with Gasteiger partial charge in [0.1, 0.15) is 11.9 Å². The van der Waals surface area contributed by atoms with E-state index in [-0.39, 0.29) is 60.1 Å². The molecule has 4 amide bonds. The molecule has 1 fully saturated rings. The van der Waals surface area contributed by atoms with E-state index in [1.807, 2.05) is 0 Å². The lowest BCUT2D eigenvalue weighted by Gasteiger charge is -2.21. The maximum atomic E-state index is 14.6. The van der Waals surface area contributed by atoms with E-state index >= 15 is 0 Å².